The maximum absolute atomic E-state index is 12.3. The second-order valence-electron chi connectivity index (χ2n) is 5.79. The summed E-state index contributed by atoms with van der Waals surface area (Å²) in [6.45, 7) is 0. The fraction of sp³-hybridized carbons (Fsp3) is 0.0500. The molecule has 0 atom stereocenters. The Hall–Kier alpha value is -3.47. The number of benzene rings is 2. The molecule has 5 nitrogen and oxygen atoms in total. The highest BCUT2D eigenvalue weighted by molar-refractivity contribution is 6.04. The molecule has 0 radical (unpaired) electrons. The Morgan fingerprint density at radius 1 is 1.00 bits per heavy atom. The first-order valence-corrected chi connectivity index (χ1v) is 7.95. The Kier molecular flexibility index (Phi) is 3.74. The summed E-state index contributed by atoms with van der Waals surface area (Å²) in [5, 5.41) is 7.92. The van der Waals surface area contributed by atoms with E-state index in [0.29, 0.717) is 11.4 Å². The molecule has 2 heterocycles. The summed E-state index contributed by atoms with van der Waals surface area (Å²) in [4.78, 5) is 16.8. The minimum Gasteiger partial charge on any atom is -0.321 e. The molecule has 122 valence electrons. The zero-order chi connectivity index (χ0) is 17.2. The summed E-state index contributed by atoms with van der Waals surface area (Å²) in [5.41, 5.74) is 4.25. The second-order valence-corrected chi connectivity index (χ2v) is 5.79. The number of carbonyl (C=O) groups is 1. The molecule has 1 N–H and O–H groups in total. The van der Waals surface area contributed by atoms with E-state index in [0.717, 1.165) is 22.0 Å². The van der Waals surface area contributed by atoms with Crippen LogP contribution in [0, 0.1) is 0 Å². The number of hydrogen-bond donors (Lipinski definition) is 1. The molecule has 0 bridgehead atoms. The van der Waals surface area contributed by atoms with Crippen LogP contribution in [0.4, 0.5) is 5.69 Å². The summed E-state index contributed by atoms with van der Waals surface area (Å²) >= 11 is 0. The number of rotatable bonds is 3. The van der Waals surface area contributed by atoms with Crippen molar-refractivity contribution >= 4 is 22.5 Å². The molecule has 0 spiro atoms. The van der Waals surface area contributed by atoms with Gasteiger partial charge in [0.2, 0.25) is 0 Å². The van der Waals surface area contributed by atoms with Crippen molar-refractivity contribution in [2.45, 2.75) is 0 Å². The minimum atomic E-state index is -0.194. The van der Waals surface area contributed by atoms with E-state index in [-0.39, 0.29) is 5.91 Å². The van der Waals surface area contributed by atoms with Gasteiger partial charge in [-0.2, -0.15) is 5.10 Å². The highest BCUT2D eigenvalue weighted by Crippen LogP contribution is 2.24. The fourth-order valence-corrected chi connectivity index (χ4v) is 2.78. The van der Waals surface area contributed by atoms with Gasteiger partial charge in [-0.3, -0.25) is 14.5 Å². The first kappa shape index (κ1) is 15.1. The molecule has 1 amide bonds. The average molecular weight is 328 g/mol. The molecule has 2 aromatic heterocycles. The van der Waals surface area contributed by atoms with Gasteiger partial charge in [-0.25, -0.2) is 0 Å². The normalized spacial score (nSPS) is 10.8. The van der Waals surface area contributed by atoms with Crippen LogP contribution in [0.2, 0.25) is 0 Å². The van der Waals surface area contributed by atoms with E-state index in [2.05, 4.69) is 33.6 Å². The standard InChI is InChI=1S/C20H16N4O/c1-24-19(9-10-22-24)20(25)23-17-8-7-15-11-16(13-21-18(15)12-17)14-5-3-2-4-6-14/h2-13H,1H3,(H,23,25). The predicted octanol–water partition coefficient (Wildman–Crippen LogP) is 3.89. The molecule has 4 aromatic rings. The van der Waals surface area contributed by atoms with Crippen LogP contribution in [0.3, 0.4) is 0 Å². The van der Waals surface area contributed by atoms with Gasteiger partial charge in [0, 0.05) is 36.1 Å². The summed E-state index contributed by atoms with van der Waals surface area (Å²) in [5.74, 6) is -0.194. The van der Waals surface area contributed by atoms with Gasteiger partial charge in [-0.15, -0.1) is 0 Å². The van der Waals surface area contributed by atoms with Gasteiger partial charge in [0.05, 0.1) is 5.52 Å². The van der Waals surface area contributed by atoms with Crippen LogP contribution in [0.1, 0.15) is 10.5 Å². The van der Waals surface area contributed by atoms with Gasteiger partial charge < -0.3 is 5.32 Å². The number of nitrogens with one attached hydrogen (secondary N) is 1. The zero-order valence-electron chi connectivity index (χ0n) is 13.7. The quantitative estimate of drug-likeness (QED) is 0.621. The molecule has 0 saturated heterocycles. The SMILES string of the molecule is Cn1nccc1C(=O)Nc1ccc2cc(-c3ccccc3)cnc2c1. The van der Waals surface area contributed by atoms with Crippen LogP contribution in [0.15, 0.2) is 73.1 Å². The van der Waals surface area contributed by atoms with E-state index in [1.807, 2.05) is 42.6 Å². The highest BCUT2D eigenvalue weighted by Gasteiger charge is 2.10. The van der Waals surface area contributed by atoms with E-state index in [1.165, 1.54) is 0 Å². The lowest BCUT2D eigenvalue weighted by Crippen LogP contribution is -2.16. The third-order valence-electron chi connectivity index (χ3n) is 4.10. The van der Waals surface area contributed by atoms with E-state index < -0.39 is 0 Å². The maximum atomic E-state index is 12.3. The maximum Gasteiger partial charge on any atom is 0.273 e. The zero-order valence-corrected chi connectivity index (χ0v) is 13.7. The van der Waals surface area contributed by atoms with E-state index in [9.17, 15) is 4.79 Å². The minimum absolute atomic E-state index is 0.194. The Morgan fingerprint density at radius 3 is 2.60 bits per heavy atom. The second kappa shape index (κ2) is 6.20. The Labute approximate surface area is 144 Å². The van der Waals surface area contributed by atoms with Crippen LogP contribution in [0.25, 0.3) is 22.0 Å². The van der Waals surface area contributed by atoms with Gasteiger partial charge in [0.1, 0.15) is 5.69 Å². The van der Waals surface area contributed by atoms with Crippen LogP contribution >= 0.6 is 0 Å². The van der Waals surface area contributed by atoms with Crippen LogP contribution in [-0.4, -0.2) is 20.7 Å². The molecule has 5 heteroatoms. The molecular weight excluding hydrogens is 312 g/mol. The molecule has 25 heavy (non-hydrogen) atoms. The number of amides is 1. The molecule has 0 fully saturated rings. The molecule has 0 aliphatic rings. The number of nitrogens with zero attached hydrogens (tertiary/aromatic N) is 3. The van der Waals surface area contributed by atoms with E-state index in [1.54, 1.807) is 24.0 Å². The smallest absolute Gasteiger partial charge is 0.273 e. The summed E-state index contributed by atoms with van der Waals surface area (Å²) in [7, 11) is 1.74. The monoisotopic (exact) mass is 328 g/mol. The number of hydrogen-bond acceptors (Lipinski definition) is 3. The molecule has 0 aliphatic heterocycles. The number of anilines is 1. The van der Waals surface area contributed by atoms with E-state index >= 15 is 0 Å². The molecule has 0 saturated carbocycles. The van der Waals surface area contributed by atoms with Gasteiger partial charge >= 0.3 is 0 Å². The van der Waals surface area contributed by atoms with Crippen molar-refractivity contribution < 1.29 is 4.79 Å². The lowest BCUT2D eigenvalue weighted by atomic mass is 10.1. The van der Waals surface area contributed by atoms with Crippen molar-refractivity contribution in [3.63, 3.8) is 0 Å². The van der Waals surface area contributed by atoms with Crippen LogP contribution in [0.5, 0.6) is 0 Å². The molecule has 0 aliphatic carbocycles. The van der Waals surface area contributed by atoms with Crippen molar-refractivity contribution in [3.8, 4) is 11.1 Å². The van der Waals surface area contributed by atoms with Crippen molar-refractivity contribution in [2.24, 2.45) is 7.05 Å². The van der Waals surface area contributed by atoms with Gasteiger partial charge in [-0.1, -0.05) is 36.4 Å². The van der Waals surface area contributed by atoms with Gasteiger partial charge in [0.15, 0.2) is 0 Å². The third-order valence-corrected chi connectivity index (χ3v) is 4.10. The summed E-state index contributed by atoms with van der Waals surface area (Å²) in [6.07, 6.45) is 3.45. The lowest BCUT2D eigenvalue weighted by Gasteiger charge is -2.08. The Bertz CT molecular complexity index is 1050. The first-order chi connectivity index (χ1) is 12.2. The van der Waals surface area contributed by atoms with Crippen molar-refractivity contribution in [2.75, 3.05) is 5.32 Å². The summed E-state index contributed by atoms with van der Waals surface area (Å²) in [6, 6.07) is 19.6. The van der Waals surface area contributed by atoms with E-state index in [4.69, 9.17) is 0 Å². The topological polar surface area (TPSA) is 59.8 Å². The number of aromatic nitrogens is 3. The van der Waals surface area contributed by atoms with Crippen LogP contribution in [-0.2, 0) is 7.05 Å². The predicted molar refractivity (Wildman–Crippen MR) is 98.3 cm³/mol. The summed E-state index contributed by atoms with van der Waals surface area (Å²) < 4.78 is 1.54. The molecule has 0 unspecified atom stereocenters. The average Bonchev–Trinajstić information content (AvgIpc) is 3.08. The molecule has 4 rings (SSSR count). The number of fused-ring (bicyclic) bond motifs is 1. The molecular formula is C20H16N4O. The third kappa shape index (κ3) is 2.99. The van der Waals surface area contributed by atoms with Crippen molar-refractivity contribution in [3.05, 3.63) is 78.8 Å². The lowest BCUT2D eigenvalue weighted by molar-refractivity contribution is 0.101. The van der Waals surface area contributed by atoms with Gasteiger partial charge in [0.25, 0.3) is 5.91 Å². The largest absolute Gasteiger partial charge is 0.321 e. The van der Waals surface area contributed by atoms with Crippen LogP contribution < -0.4 is 5.32 Å². The van der Waals surface area contributed by atoms with Crippen molar-refractivity contribution in [1.82, 2.24) is 14.8 Å². The highest BCUT2D eigenvalue weighted by atomic mass is 16.2. The first-order valence-electron chi connectivity index (χ1n) is 7.95. The molecule has 2 aromatic carbocycles. The Morgan fingerprint density at radius 2 is 1.84 bits per heavy atom. The number of carbonyl (C=O) groups excluding carboxylic acids is 1. The number of pyridine rings is 1. The Balaban J connectivity index is 1.63. The number of aryl methyl sites for hydroxylation is 1. The van der Waals surface area contributed by atoms with Gasteiger partial charge in [-0.05, 0) is 29.8 Å². The fourth-order valence-electron chi connectivity index (χ4n) is 2.78. The van der Waals surface area contributed by atoms with Crippen molar-refractivity contribution in [1.29, 1.82) is 0 Å².